The van der Waals surface area contributed by atoms with Crippen molar-refractivity contribution in [2.45, 2.75) is 0 Å². The number of hydrogen-bond donors (Lipinski definition) is 0. The van der Waals surface area contributed by atoms with Gasteiger partial charge >= 0.3 is 111 Å². The second kappa shape index (κ2) is 16.0. The van der Waals surface area contributed by atoms with Gasteiger partial charge in [-0.2, -0.15) is 0 Å². The Morgan fingerprint density at radius 2 is 1.00 bits per heavy atom. The molecule has 0 unspecified atom stereocenters. The van der Waals surface area contributed by atoms with E-state index in [1.165, 1.54) is 0 Å². The maximum Gasteiger partial charge on any atom is 3.00 e. The van der Waals surface area contributed by atoms with E-state index in [2.05, 4.69) is 0 Å². The first-order chi connectivity index (χ1) is 0. The summed E-state index contributed by atoms with van der Waals surface area (Å²) in [7, 11) is 0. The molecule has 0 saturated heterocycles. The summed E-state index contributed by atoms with van der Waals surface area (Å²) in [6.45, 7) is 0. The molecule has 0 aromatic heterocycles. The monoisotopic (exact) mass is 154 g/mol. The van der Waals surface area contributed by atoms with Crippen LogP contribution in [-0.2, 0) is 19.5 Å². The molecule has 0 aromatic carbocycles. The van der Waals surface area contributed by atoms with E-state index < -0.39 is 0 Å². The Morgan fingerprint density at radius 1 is 1.00 bits per heavy atom. The standard InChI is InChI=1S/Al.K.Mg.Zn/q+3;+1;2*+2. The van der Waals surface area contributed by atoms with E-state index in [4.69, 9.17) is 0 Å². The van der Waals surface area contributed by atoms with Gasteiger partial charge in [0, 0.05) is 0 Å². The first-order valence-corrected chi connectivity index (χ1v) is 0. The van der Waals surface area contributed by atoms with Crippen LogP contribution in [-0.4, -0.2) is 40.4 Å². The van der Waals surface area contributed by atoms with Crippen LogP contribution in [0, 0.1) is 0 Å². The molecule has 0 bridgehead atoms. The second-order valence-electron chi connectivity index (χ2n) is 0. The largest absolute Gasteiger partial charge is 3.00 e. The van der Waals surface area contributed by atoms with Crippen molar-refractivity contribution in [3.63, 3.8) is 0 Å². The molecule has 4 heavy (non-hydrogen) atoms. The van der Waals surface area contributed by atoms with Gasteiger partial charge in [-0.15, -0.1) is 0 Å². The van der Waals surface area contributed by atoms with E-state index >= 15 is 0 Å². The van der Waals surface area contributed by atoms with E-state index in [0.717, 1.165) is 0 Å². The smallest absolute Gasteiger partial charge is 1.00 e. The third-order valence-electron chi connectivity index (χ3n) is 0. The van der Waals surface area contributed by atoms with Crippen LogP contribution in [0.2, 0.25) is 0 Å². The van der Waals surface area contributed by atoms with Gasteiger partial charge in [-0.05, 0) is 0 Å². The van der Waals surface area contributed by atoms with Crippen LogP contribution in [0.4, 0.5) is 0 Å². The number of hydrogen-bond acceptors (Lipinski definition) is 0. The fraction of sp³-hybridized carbons (Fsp3) is 0. The minimum Gasteiger partial charge on any atom is 1.00 e. The van der Waals surface area contributed by atoms with Gasteiger partial charge in [0.1, 0.15) is 0 Å². The van der Waals surface area contributed by atoms with Crippen LogP contribution in [0.15, 0.2) is 0 Å². The van der Waals surface area contributed by atoms with Gasteiger partial charge in [0.2, 0.25) is 0 Å². The summed E-state index contributed by atoms with van der Waals surface area (Å²) >= 11 is 0. The molecular weight excluding hydrogens is 156 g/mol. The summed E-state index contributed by atoms with van der Waals surface area (Å²) in [6, 6.07) is 0. The van der Waals surface area contributed by atoms with Crippen LogP contribution in [0.1, 0.15) is 0 Å². The molecule has 0 atom stereocenters. The van der Waals surface area contributed by atoms with Gasteiger partial charge in [-0.1, -0.05) is 0 Å². The third kappa shape index (κ3) is 9.12. The molecule has 0 heterocycles. The summed E-state index contributed by atoms with van der Waals surface area (Å²) in [5.41, 5.74) is 0. The molecule has 0 aliphatic carbocycles. The zero-order chi connectivity index (χ0) is 0. The van der Waals surface area contributed by atoms with Gasteiger partial charge in [0.15, 0.2) is 0 Å². The summed E-state index contributed by atoms with van der Waals surface area (Å²) in [4.78, 5) is 0. The van der Waals surface area contributed by atoms with E-state index in [-0.39, 0.29) is 111 Å². The van der Waals surface area contributed by atoms with E-state index in [1.807, 2.05) is 0 Å². The molecule has 0 saturated carbocycles. The Labute approximate surface area is 108 Å². The van der Waals surface area contributed by atoms with E-state index in [1.54, 1.807) is 0 Å². The summed E-state index contributed by atoms with van der Waals surface area (Å²) in [6.07, 6.45) is 0. The molecule has 0 nitrogen and oxygen atoms in total. The zero-order valence-electron chi connectivity index (χ0n) is 2.99. The van der Waals surface area contributed by atoms with Gasteiger partial charge in [0.25, 0.3) is 0 Å². The average Bonchev–Trinajstić information content (AvgIpc) is 0. The van der Waals surface area contributed by atoms with Crippen molar-refractivity contribution in [1.82, 2.24) is 0 Å². The fourth-order valence-corrected chi connectivity index (χ4v) is 0. The molecule has 0 rings (SSSR count). The van der Waals surface area contributed by atoms with Crippen molar-refractivity contribution in [2.24, 2.45) is 0 Å². The molecule has 0 fully saturated rings. The molecule has 0 amide bonds. The Hall–Kier alpha value is 3.56. The van der Waals surface area contributed by atoms with Gasteiger partial charge in [0.05, 0.1) is 0 Å². The summed E-state index contributed by atoms with van der Waals surface area (Å²) in [5.74, 6) is 0. The van der Waals surface area contributed by atoms with Crippen LogP contribution < -0.4 is 51.4 Å². The van der Waals surface area contributed by atoms with Gasteiger partial charge < -0.3 is 0 Å². The Balaban J connectivity index is 0. The van der Waals surface area contributed by atoms with Crippen molar-refractivity contribution >= 4 is 40.4 Å². The topological polar surface area (TPSA) is 0 Å². The molecule has 0 aliphatic rings. The van der Waals surface area contributed by atoms with Crippen molar-refractivity contribution in [3.05, 3.63) is 0 Å². The molecule has 0 radical (unpaired) electrons. The zero-order valence-corrected chi connectivity index (χ0v) is 11.7. The van der Waals surface area contributed by atoms with Gasteiger partial charge in [-0.25, -0.2) is 0 Å². The molecule has 0 aromatic rings. The maximum absolute atomic E-state index is 0. The minimum atomic E-state index is 0. The molecular formula is AlKMgZn+8. The van der Waals surface area contributed by atoms with Crippen LogP contribution in [0.5, 0.6) is 0 Å². The molecule has 0 N–H and O–H groups in total. The number of rotatable bonds is 0. The Morgan fingerprint density at radius 3 is 1.00 bits per heavy atom. The predicted octanol–water partition coefficient (Wildman–Crippen LogP) is -3.76. The summed E-state index contributed by atoms with van der Waals surface area (Å²) in [5, 5.41) is 0. The van der Waals surface area contributed by atoms with Crippen molar-refractivity contribution in [2.75, 3.05) is 0 Å². The fourth-order valence-electron chi connectivity index (χ4n) is 0. The van der Waals surface area contributed by atoms with Crippen molar-refractivity contribution in [3.8, 4) is 0 Å². The van der Waals surface area contributed by atoms with Gasteiger partial charge in [-0.3, -0.25) is 0 Å². The van der Waals surface area contributed by atoms with E-state index in [9.17, 15) is 0 Å². The van der Waals surface area contributed by atoms with Crippen molar-refractivity contribution < 1.29 is 70.9 Å². The van der Waals surface area contributed by atoms with Crippen LogP contribution >= 0.6 is 0 Å². The first-order valence-electron chi connectivity index (χ1n) is 0. The second-order valence-corrected chi connectivity index (χ2v) is 0. The average molecular weight is 156 g/mol. The van der Waals surface area contributed by atoms with E-state index in [0.29, 0.717) is 0 Å². The minimum absolute atomic E-state index is 0. The first kappa shape index (κ1) is 25.7. The van der Waals surface area contributed by atoms with Crippen molar-refractivity contribution in [1.29, 1.82) is 0 Å². The normalized spacial score (nSPS) is 0. The quantitative estimate of drug-likeness (QED) is 0.316. The summed E-state index contributed by atoms with van der Waals surface area (Å²) < 4.78 is 0. The molecule has 0 valence electrons. The molecule has 4 heteroatoms. The molecule has 0 spiro atoms. The predicted molar refractivity (Wildman–Crippen MR) is 11.5 cm³/mol. The Bertz CT molecular complexity index is 8.00. The maximum atomic E-state index is 0. The Kier molecular flexibility index (Phi) is 103. The van der Waals surface area contributed by atoms with Crippen LogP contribution in [0.25, 0.3) is 0 Å². The SMILES string of the molecule is [Al+3].[K+].[Mg+2].[Zn+2]. The van der Waals surface area contributed by atoms with Crippen LogP contribution in [0.3, 0.4) is 0 Å². The third-order valence-corrected chi connectivity index (χ3v) is 0. The molecule has 0 aliphatic heterocycles.